The first-order valence-electron chi connectivity index (χ1n) is 10.5. The molecule has 1 aliphatic rings. The first-order chi connectivity index (χ1) is 14.9. The number of hydrogen-bond donors (Lipinski definition) is 0. The van der Waals surface area contributed by atoms with E-state index in [1.807, 2.05) is 36.4 Å². The number of methoxy groups -OCH3 is 1. The fourth-order valence-electron chi connectivity index (χ4n) is 3.78. The number of nitrogens with zero attached hydrogens (tertiary/aromatic N) is 3. The van der Waals surface area contributed by atoms with Crippen LogP contribution in [0.15, 0.2) is 57.9 Å². The van der Waals surface area contributed by atoms with Crippen molar-refractivity contribution in [2.75, 3.05) is 20.2 Å². The van der Waals surface area contributed by atoms with Crippen LogP contribution < -0.4 is 4.74 Å². The summed E-state index contributed by atoms with van der Waals surface area (Å²) in [7, 11) is -1.88. The molecule has 1 saturated heterocycles. The predicted octanol–water partition coefficient (Wildman–Crippen LogP) is 4.44. The number of benzene rings is 2. The lowest BCUT2D eigenvalue weighted by Gasteiger charge is -2.29. The third-order valence-corrected chi connectivity index (χ3v) is 7.69. The second-order valence-corrected chi connectivity index (χ2v) is 10.0. The third-order valence-electron chi connectivity index (χ3n) is 5.78. The van der Waals surface area contributed by atoms with Gasteiger partial charge in [-0.15, -0.1) is 0 Å². The second kappa shape index (κ2) is 8.80. The van der Waals surface area contributed by atoms with Crippen LogP contribution in [0.4, 0.5) is 0 Å². The van der Waals surface area contributed by atoms with E-state index < -0.39 is 10.0 Å². The molecule has 2 aromatic carbocycles. The average molecular weight is 442 g/mol. The molecule has 0 N–H and O–H groups in total. The van der Waals surface area contributed by atoms with Crippen LogP contribution in [0.3, 0.4) is 0 Å². The van der Waals surface area contributed by atoms with Crippen molar-refractivity contribution in [2.24, 2.45) is 0 Å². The van der Waals surface area contributed by atoms with E-state index in [0.717, 1.165) is 16.9 Å². The van der Waals surface area contributed by atoms with Gasteiger partial charge in [-0.05, 0) is 60.7 Å². The number of sulfonamides is 1. The minimum Gasteiger partial charge on any atom is -0.497 e. The largest absolute Gasteiger partial charge is 0.497 e. The van der Waals surface area contributed by atoms with Crippen molar-refractivity contribution in [1.29, 1.82) is 0 Å². The molecule has 0 unspecified atom stereocenters. The van der Waals surface area contributed by atoms with Gasteiger partial charge in [0.1, 0.15) is 5.75 Å². The van der Waals surface area contributed by atoms with Crippen molar-refractivity contribution in [2.45, 2.75) is 43.4 Å². The Kier molecular flexibility index (Phi) is 6.11. The predicted molar refractivity (Wildman–Crippen MR) is 118 cm³/mol. The molecule has 0 spiro atoms. The first kappa shape index (κ1) is 21.5. The standard InChI is InChI=1S/C23H27N3O4S/c1-16(2)17-6-10-21(11-7-17)31(27,28)26-14-12-19(13-15-26)23-24-22(25-30-23)18-4-8-20(29-3)9-5-18/h4-11,16,19H,12-15H2,1-3H3. The highest BCUT2D eigenvalue weighted by molar-refractivity contribution is 7.89. The molecule has 7 nitrogen and oxygen atoms in total. The van der Waals surface area contributed by atoms with Crippen LogP contribution in [-0.4, -0.2) is 43.1 Å². The molecule has 0 atom stereocenters. The Hall–Kier alpha value is -2.71. The van der Waals surface area contributed by atoms with E-state index in [9.17, 15) is 8.42 Å². The normalized spacial score (nSPS) is 16.0. The van der Waals surface area contributed by atoms with Crippen molar-refractivity contribution in [3.8, 4) is 17.1 Å². The average Bonchev–Trinajstić information content (AvgIpc) is 3.29. The van der Waals surface area contributed by atoms with Gasteiger partial charge in [0.25, 0.3) is 0 Å². The van der Waals surface area contributed by atoms with Crippen molar-refractivity contribution in [3.05, 3.63) is 60.0 Å². The summed E-state index contributed by atoms with van der Waals surface area (Å²) in [6, 6.07) is 14.7. The fraction of sp³-hybridized carbons (Fsp3) is 0.391. The van der Waals surface area contributed by atoms with Gasteiger partial charge in [-0.25, -0.2) is 8.42 Å². The number of hydrogen-bond acceptors (Lipinski definition) is 6. The van der Waals surface area contributed by atoms with Crippen LogP contribution >= 0.6 is 0 Å². The molecule has 31 heavy (non-hydrogen) atoms. The maximum absolute atomic E-state index is 13.0. The number of aromatic nitrogens is 2. The van der Waals surface area contributed by atoms with Crippen molar-refractivity contribution in [3.63, 3.8) is 0 Å². The summed E-state index contributed by atoms with van der Waals surface area (Å²) in [6.07, 6.45) is 1.29. The molecule has 0 bridgehead atoms. The van der Waals surface area contributed by atoms with Crippen LogP contribution in [0.5, 0.6) is 5.75 Å². The van der Waals surface area contributed by atoms with E-state index in [4.69, 9.17) is 9.26 Å². The van der Waals surface area contributed by atoms with Gasteiger partial charge in [-0.2, -0.15) is 9.29 Å². The molecule has 2 heterocycles. The van der Waals surface area contributed by atoms with Gasteiger partial charge >= 0.3 is 0 Å². The van der Waals surface area contributed by atoms with Gasteiger partial charge < -0.3 is 9.26 Å². The fourth-order valence-corrected chi connectivity index (χ4v) is 5.24. The maximum atomic E-state index is 13.0. The van der Waals surface area contributed by atoms with Gasteiger partial charge in [0.2, 0.25) is 21.7 Å². The molecule has 3 aromatic rings. The van der Waals surface area contributed by atoms with Gasteiger partial charge in [-0.1, -0.05) is 31.1 Å². The Morgan fingerprint density at radius 1 is 1.03 bits per heavy atom. The Morgan fingerprint density at radius 3 is 2.26 bits per heavy atom. The Morgan fingerprint density at radius 2 is 1.68 bits per heavy atom. The molecule has 4 rings (SSSR count). The Bertz CT molecular complexity index is 1110. The van der Waals surface area contributed by atoms with E-state index in [-0.39, 0.29) is 5.92 Å². The van der Waals surface area contributed by atoms with Crippen LogP contribution in [0.2, 0.25) is 0 Å². The zero-order chi connectivity index (χ0) is 22.0. The van der Waals surface area contributed by atoms with Crippen LogP contribution in [0, 0.1) is 0 Å². The molecule has 0 saturated carbocycles. The summed E-state index contributed by atoms with van der Waals surface area (Å²) < 4.78 is 38.3. The molecule has 1 fully saturated rings. The summed E-state index contributed by atoms with van der Waals surface area (Å²) in [5, 5.41) is 4.10. The zero-order valence-electron chi connectivity index (χ0n) is 18.0. The molecule has 1 aliphatic heterocycles. The minimum absolute atomic E-state index is 0.0502. The van der Waals surface area contributed by atoms with Gasteiger partial charge in [0, 0.05) is 24.6 Å². The summed E-state index contributed by atoms with van der Waals surface area (Å²) in [5.74, 6) is 2.26. The Balaban J connectivity index is 1.42. The van der Waals surface area contributed by atoms with Gasteiger partial charge in [0.05, 0.1) is 12.0 Å². The topological polar surface area (TPSA) is 85.5 Å². The monoisotopic (exact) mass is 441 g/mol. The van der Waals surface area contributed by atoms with E-state index in [2.05, 4.69) is 24.0 Å². The van der Waals surface area contributed by atoms with E-state index >= 15 is 0 Å². The molecule has 0 radical (unpaired) electrons. The highest BCUT2D eigenvalue weighted by Gasteiger charge is 2.32. The lowest BCUT2D eigenvalue weighted by atomic mass is 9.98. The smallest absolute Gasteiger partial charge is 0.243 e. The zero-order valence-corrected chi connectivity index (χ0v) is 18.8. The van der Waals surface area contributed by atoms with Crippen LogP contribution in [0.1, 0.15) is 50.0 Å². The quantitative estimate of drug-likeness (QED) is 0.562. The van der Waals surface area contributed by atoms with Crippen molar-refractivity contribution < 1.29 is 17.7 Å². The van der Waals surface area contributed by atoms with Crippen LogP contribution in [0.25, 0.3) is 11.4 Å². The third kappa shape index (κ3) is 4.50. The highest BCUT2D eigenvalue weighted by atomic mass is 32.2. The molecule has 164 valence electrons. The lowest BCUT2D eigenvalue weighted by molar-refractivity contribution is 0.271. The summed E-state index contributed by atoms with van der Waals surface area (Å²) in [4.78, 5) is 4.89. The first-order valence-corrected chi connectivity index (χ1v) is 11.9. The summed E-state index contributed by atoms with van der Waals surface area (Å²) in [6.45, 7) is 5.04. The molecule has 0 aliphatic carbocycles. The molecular weight excluding hydrogens is 414 g/mol. The van der Waals surface area contributed by atoms with Crippen molar-refractivity contribution in [1.82, 2.24) is 14.4 Å². The Labute approximate surface area is 183 Å². The lowest BCUT2D eigenvalue weighted by Crippen LogP contribution is -2.37. The van der Waals surface area contributed by atoms with E-state index in [1.165, 1.54) is 0 Å². The molecule has 1 aromatic heterocycles. The SMILES string of the molecule is COc1ccc(-c2noc(C3CCN(S(=O)(=O)c4ccc(C(C)C)cc4)CC3)n2)cc1. The van der Waals surface area contributed by atoms with Gasteiger partial charge in [-0.3, -0.25) is 0 Å². The second-order valence-electron chi connectivity index (χ2n) is 8.09. The minimum atomic E-state index is -3.50. The van der Waals surface area contributed by atoms with Crippen LogP contribution in [-0.2, 0) is 10.0 Å². The number of ether oxygens (including phenoxy) is 1. The summed E-state index contributed by atoms with van der Waals surface area (Å²) >= 11 is 0. The maximum Gasteiger partial charge on any atom is 0.243 e. The number of rotatable bonds is 6. The number of piperidine rings is 1. The van der Waals surface area contributed by atoms with Crippen molar-refractivity contribution >= 4 is 10.0 Å². The molecule has 8 heteroatoms. The van der Waals surface area contributed by atoms with E-state index in [1.54, 1.807) is 23.5 Å². The summed E-state index contributed by atoms with van der Waals surface area (Å²) in [5.41, 5.74) is 1.97. The molecular formula is C23H27N3O4S. The molecule has 0 amide bonds. The highest BCUT2D eigenvalue weighted by Crippen LogP contribution is 2.31. The van der Waals surface area contributed by atoms with Gasteiger partial charge in [0.15, 0.2) is 0 Å². The van der Waals surface area contributed by atoms with E-state index in [0.29, 0.717) is 48.5 Å².